The molecule has 0 aliphatic heterocycles. The first-order chi connectivity index (χ1) is 5.74. The van der Waals surface area contributed by atoms with E-state index in [0.29, 0.717) is 16.3 Å². The quantitative estimate of drug-likeness (QED) is 0.715. The van der Waals surface area contributed by atoms with Crippen LogP contribution in [0.25, 0.3) is 0 Å². The van der Waals surface area contributed by atoms with E-state index in [0.717, 1.165) is 0 Å². The Morgan fingerprint density at radius 1 is 1.75 bits per heavy atom. The van der Waals surface area contributed by atoms with Crippen LogP contribution < -0.4 is 5.32 Å². The number of carbonyl (C=O) groups excluding carboxylic acids is 1. The smallest absolute Gasteiger partial charge is 0.265 e. The van der Waals surface area contributed by atoms with Gasteiger partial charge in [0.05, 0.1) is 4.88 Å². The van der Waals surface area contributed by atoms with E-state index < -0.39 is 0 Å². The normalized spacial score (nSPS) is 9.42. The van der Waals surface area contributed by atoms with E-state index in [1.807, 2.05) is 11.4 Å². The molecule has 0 spiro atoms. The van der Waals surface area contributed by atoms with Gasteiger partial charge in [-0.25, -0.2) is 0 Å². The van der Waals surface area contributed by atoms with Gasteiger partial charge in [0.1, 0.15) is 0 Å². The Morgan fingerprint density at radius 3 is 3.00 bits per heavy atom. The molecule has 0 aromatic carbocycles. The van der Waals surface area contributed by atoms with Gasteiger partial charge in [0.25, 0.3) is 5.91 Å². The minimum Gasteiger partial charge on any atom is -0.325 e. The van der Waals surface area contributed by atoms with Crippen molar-refractivity contribution in [3.05, 3.63) is 34.7 Å². The van der Waals surface area contributed by atoms with Crippen molar-refractivity contribution in [2.75, 3.05) is 5.75 Å². The van der Waals surface area contributed by atoms with Crippen LogP contribution in [0.5, 0.6) is 0 Å². The Morgan fingerprint density at radius 2 is 2.50 bits per heavy atom. The first-order valence-corrected chi connectivity index (χ1v) is 4.88. The molecule has 0 radical (unpaired) electrons. The van der Waals surface area contributed by atoms with Crippen LogP contribution in [0.4, 0.5) is 0 Å². The van der Waals surface area contributed by atoms with Gasteiger partial charge in [0.2, 0.25) is 0 Å². The van der Waals surface area contributed by atoms with E-state index in [4.69, 9.17) is 0 Å². The van der Waals surface area contributed by atoms with Crippen LogP contribution >= 0.6 is 24.0 Å². The van der Waals surface area contributed by atoms with Gasteiger partial charge in [-0.3, -0.25) is 4.79 Å². The predicted molar refractivity (Wildman–Crippen MR) is 54.8 cm³/mol. The number of thiol groups is 1. The molecule has 1 heterocycles. The molecule has 0 saturated heterocycles. The minimum atomic E-state index is -0.107. The molecular formula is C8H9NOS2. The van der Waals surface area contributed by atoms with Crippen LogP contribution in [0.2, 0.25) is 0 Å². The third-order valence-corrected chi connectivity index (χ3v) is 2.48. The fourth-order valence-electron chi connectivity index (χ4n) is 0.669. The summed E-state index contributed by atoms with van der Waals surface area (Å²) in [7, 11) is 0. The SMILES string of the molecule is C=C(CS)NC(=O)c1cccs1. The molecule has 0 atom stereocenters. The maximum atomic E-state index is 11.3. The van der Waals surface area contributed by atoms with Crippen molar-refractivity contribution in [1.82, 2.24) is 5.32 Å². The van der Waals surface area contributed by atoms with Crippen molar-refractivity contribution in [1.29, 1.82) is 0 Å². The molecule has 4 heteroatoms. The lowest BCUT2D eigenvalue weighted by Crippen LogP contribution is -2.21. The van der Waals surface area contributed by atoms with Gasteiger partial charge in [0, 0.05) is 11.4 Å². The van der Waals surface area contributed by atoms with Crippen molar-refractivity contribution in [2.45, 2.75) is 0 Å². The monoisotopic (exact) mass is 199 g/mol. The average molecular weight is 199 g/mol. The Bertz CT molecular complexity index is 279. The molecule has 0 unspecified atom stereocenters. The summed E-state index contributed by atoms with van der Waals surface area (Å²) < 4.78 is 0. The zero-order valence-electron chi connectivity index (χ0n) is 6.41. The van der Waals surface area contributed by atoms with Crippen molar-refractivity contribution in [3.63, 3.8) is 0 Å². The van der Waals surface area contributed by atoms with Crippen molar-refractivity contribution >= 4 is 29.9 Å². The maximum absolute atomic E-state index is 11.3. The van der Waals surface area contributed by atoms with E-state index in [9.17, 15) is 4.79 Å². The van der Waals surface area contributed by atoms with Crippen LogP contribution in [-0.2, 0) is 0 Å². The molecule has 1 aromatic rings. The van der Waals surface area contributed by atoms with Crippen LogP contribution in [0.1, 0.15) is 9.67 Å². The second-order valence-corrected chi connectivity index (χ2v) is 3.46. The molecule has 64 valence electrons. The van der Waals surface area contributed by atoms with Crippen LogP contribution in [-0.4, -0.2) is 11.7 Å². The maximum Gasteiger partial charge on any atom is 0.265 e. The second-order valence-electron chi connectivity index (χ2n) is 2.19. The molecule has 12 heavy (non-hydrogen) atoms. The Balaban J connectivity index is 2.56. The van der Waals surface area contributed by atoms with Gasteiger partial charge < -0.3 is 5.32 Å². The molecule has 1 aromatic heterocycles. The van der Waals surface area contributed by atoms with Crippen LogP contribution in [0.3, 0.4) is 0 Å². The summed E-state index contributed by atoms with van der Waals surface area (Å²) in [5, 5.41) is 4.49. The fraction of sp³-hybridized carbons (Fsp3) is 0.125. The highest BCUT2D eigenvalue weighted by molar-refractivity contribution is 7.80. The molecule has 0 fully saturated rings. The van der Waals surface area contributed by atoms with E-state index in [1.54, 1.807) is 6.07 Å². The fourth-order valence-corrected chi connectivity index (χ4v) is 1.37. The summed E-state index contributed by atoms with van der Waals surface area (Å²) in [6.07, 6.45) is 0. The lowest BCUT2D eigenvalue weighted by molar-refractivity contribution is 0.0970. The molecule has 1 amide bonds. The summed E-state index contributed by atoms with van der Waals surface area (Å²) in [5.41, 5.74) is 0.622. The van der Waals surface area contributed by atoms with E-state index >= 15 is 0 Å². The lowest BCUT2D eigenvalue weighted by atomic mass is 10.4. The number of carbonyl (C=O) groups is 1. The highest BCUT2D eigenvalue weighted by Crippen LogP contribution is 2.08. The Hall–Kier alpha value is -0.740. The first kappa shape index (κ1) is 9.35. The van der Waals surface area contributed by atoms with E-state index in [2.05, 4.69) is 24.5 Å². The van der Waals surface area contributed by atoms with Gasteiger partial charge in [0.15, 0.2) is 0 Å². The van der Waals surface area contributed by atoms with E-state index in [1.165, 1.54) is 11.3 Å². The third kappa shape index (κ3) is 2.39. The van der Waals surface area contributed by atoms with Crippen LogP contribution in [0.15, 0.2) is 29.8 Å². The molecule has 0 aliphatic carbocycles. The molecule has 0 bridgehead atoms. The summed E-state index contributed by atoms with van der Waals surface area (Å²) in [5.74, 6) is 0.362. The molecule has 1 N–H and O–H groups in total. The number of hydrogen-bond donors (Lipinski definition) is 2. The summed E-state index contributed by atoms with van der Waals surface area (Å²) in [6, 6.07) is 3.61. The second kappa shape index (κ2) is 4.33. The predicted octanol–water partition coefficient (Wildman–Crippen LogP) is 1.92. The average Bonchev–Trinajstić information content (AvgIpc) is 2.56. The molecule has 0 saturated carbocycles. The molecular weight excluding hydrogens is 190 g/mol. The zero-order valence-corrected chi connectivity index (χ0v) is 8.12. The van der Waals surface area contributed by atoms with Crippen molar-refractivity contribution < 1.29 is 4.79 Å². The molecule has 1 rings (SSSR count). The largest absolute Gasteiger partial charge is 0.325 e. The lowest BCUT2D eigenvalue weighted by Gasteiger charge is -2.02. The van der Waals surface area contributed by atoms with Gasteiger partial charge in [-0.05, 0) is 11.4 Å². The Labute approximate surface area is 80.7 Å². The number of nitrogens with one attached hydrogen (secondary N) is 1. The first-order valence-electron chi connectivity index (χ1n) is 3.37. The summed E-state index contributed by atoms with van der Waals surface area (Å²) in [6.45, 7) is 3.62. The number of rotatable bonds is 3. The summed E-state index contributed by atoms with van der Waals surface area (Å²) >= 11 is 5.38. The van der Waals surface area contributed by atoms with Crippen LogP contribution in [0, 0.1) is 0 Å². The van der Waals surface area contributed by atoms with Crippen molar-refractivity contribution in [2.24, 2.45) is 0 Å². The van der Waals surface area contributed by atoms with Gasteiger partial charge in [-0.2, -0.15) is 12.6 Å². The summed E-state index contributed by atoms with van der Waals surface area (Å²) in [4.78, 5) is 12.0. The van der Waals surface area contributed by atoms with Gasteiger partial charge in [-0.1, -0.05) is 12.6 Å². The number of amides is 1. The molecule has 0 aliphatic rings. The number of hydrogen-bond acceptors (Lipinski definition) is 3. The minimum absolute atomic E-state index is 0.107. The van der Waals surface area contributed by atoms with Gasteiger partial charge >= 0.3 is 0 Å². The van der Waals surface area contributed by atoms with Gasteiger partial charge in [-0.15, -0.1) is 11.3 Å². The molecule has 2 nitrogen and oxygen atoms in total. The van der Waals surface area contributed by atoms with Crippen molar-refractivity contribution in [3.8, 4) is 0 Å². The zero-order chi connectivity index (χ0) is 8.97. The standard InChI is InChI=1S/C8H9NOS2/c1-6(5-11)9-8(10)7-3-2-4-12-7/h2-4,11H,1,5H2,(H,9,10). The highest BCUT2D eigenvalue weighted by Gasteiger charge is 2.05. The third-order valence-electron chi connectivity index (χ3n) is 1.23. The highest BCUT2D eigenvalue weighted by atomic mass is 32.1. The number of thiophene rings is 1. The topological polar surface area (TPSA) is 29.1 Å². The van der Waals surface area contributed by atoms with E-state index in [-0.39, 0.29) is 5.91 Å². The Kier molecular flexibility index (Phi) is 3.37.